The third kappa shape index (κ3) is 4.50. The molecule has 2 unspecified atom stereocenters. The van der Waals surface area contributed by atoms with Crippen molar-refractivity contribution in [2.75, 3.05) is 6.61 Å². The second kappa shape index (κ2) is 9.37. The van der Waals surface area contributed by atoms with Crippen LogP contribution >= 0.6 is 11.6 Å². The normalized spacial score (nSPS) is 18.0. The van der Waals surface area contributed by atoms with E-state index in [2.05, 4.69) is 43.7 Å². The number of carbonyl (C=O) groups excluding carboxylic acids is 1. The van der Waals surface area contributed by atoms with E-state index in [0.717, 1.165) is 19.3 Å². The largest absolute Gasteiger partial charge is 0.458 e. The molecule has 0 N–H and O–H groups in total. The van der Waals surface area contributed by atoms with Crippen LogP contribution in [0.25, 0.3) is 22.6 Å². The molecule has 0 saturated carbocycles. The summed E-state index contributed by atoms with van der Waals surface area (Å²) in [7, 11) is 0. The Labute approximate surface area is 184 Å². The van der Waals surface area contributed by atoms with Gasteiger partial charge in [0, 0.05) is 32.2 Å². The Hall–Kier alpha value is -3.09. The van der Waals surface area contributed by atoms with Crippen LogP contribution in [0, 0.1) is 11.8 Å². The summed E-state index contributed by atoms with van der Waals surface area (Å²) < 4.78 is 13.2. The second-order valence-corrected chi connectivity index (χ2v) is 7.40. The highest BCUT2D eigenvalue weighted by Crippen LogP contribution is 2.35. The van der Waals surface area contributed by atoms with Gasteiger partial charge in [-0.3, -0.25) is 9.36 Å². The first-order valence-corrected chi connectivity index (χ1v) is 10.4. The lowest BCUT2D eigenvalue weighted by Crippen LogP contribution is -2.25. The molecule has 3 aromatic rings. The molecule has 0 aromatic carbocycles. The number of nitrogens with zero attached hydrogens (tertiary/aromatic N) is 6. The van der Waals surface area contributed by atoms with E-state index in [-0.39, 0.29) is 11.1 Å². The highest BCUT2D eigenvalue weighted by atomic mass is 35.5. The third-order valence-corrected chi connectivity index (χ3v) is 5.02. The minimum atomic E-state index is -0.629. The van der Waals surface area contributed by atoms with Gasteiger partial charge in [0.2, 0.25) is 5.82 Å². The Kier molecular flexibility index (Phi) is 6.39. The first kappa shape index (κ1) is 21.2. The van der Waals surface area contributed by atoms with Crippen molar-refractivity contribution in [1.82, 2.24) is 29.5 Å². The summed E-state index contributed by atoms with van der Waals surface area (Å²) in [5.41, 5.74) is 1.49. The molecule has 4 heterocycles. The molecule has 4 rings (SSSR count). The summed E-state index contributed by atoms with van der Waals surface area (Å²) in [6, 6.07) is 0. The minimum absolute atomic E-state index is 0.184. The zero-order valence-corrected chi connectivity index (χ0v) is 18.0. The Bertz CT molecular complexity index is 1150. The number of imidazole rings is 1. The Balaban J connectivity index is 1.88. The first-order chi connectivity index (χ1) is 15.1. The molecular formula is C21H21ClN6O3. The molecule has 0 amide bonds. The van der Waals surface area contributed by atoms with Crippen molar-refractivity contribution in [3.05, 3.63) is 29.7 Å². The molecule has 3 aromatic heterocycles. The molecule has 1 saturated heterocycles. The van der Waals surface area contributed by atoms with E-state index in [1.807, 2.05) is 0 Å². The quantitative estimate of drug-likeness (QED) is 0.257. The van der Waals surface area contributed by atoms with Crippen LogP contribution in [0.4, 0.5) is 0 Å². The van der Waals surface area contributed by atoms with Gasteiger partial charge >= 0.3 is 5.97 Å². The maximum atomic E-state index is 11.6. The van der Waals surface area contributed by atoms with E-state index >= 15 is 0 Å². The monoisotopic (exact) mass is 440 g/mol. The van der Waals surface area contributed by atoms with Crippen molar-refractivity contribution in [1.29, 1.82) is 0 Å². The van der Waals surface area contributed by atoms with Gasteiger partial charge < -0.3 is 9.47 Å². The van der Waals surface area contributed by atoms with E-state index in [1.54, 1.807) is 17.0 Å². The molecule has 0 bridgehead atoms. The van der Waals surface area contributed by atoms with Crippen LogP contribution in [0.2, 0.25) is 5.15 Å². The van der Waals surface area contributed by atoms with Crippen molar-refractivity contribution in [2.45, 2.75) is 51.9 Å². The van der Waals surface area contributed by atoms with E-state index in [1.165, 1.54) is 13.3 Å². The van der Waals surface area contributed by atoms with Crippen molar-refractivity contribution in [3.63, 3.8) is 0 Å². The topological polar surface area (TPSA) is 105 Å². The summed E-state index contributed by atoms with van der Waals surface area (Å²) in [4.78, 5) is 33.3. The molecule has 1 aliphatic rings. The van der Waals surface area contributed by atoms with Crippen molar-refractivity contribution < 1.29 is 14.3 Å². The summed E-state index contributed by atoms with van der Waals surface area (Å²) in [6.45, 7) is 3.90. The van der Waals surface area contributed by atoms with Crippen LogP contribution in [-0.4, -0.2) is 48.2 Å². The van der Waals surface area contributed by atoms with Crippen LogP contribution in [-0.2, 0) is 14.3 Å². The number of carbonyl (C=O) groups is 1. The lowest BCUT2D eigenvalue weighted by Gasteiger charge is -2.21. The van der Waals surface area contributed by atoms with Crippen molar-refractivity contribution >= 4 is 28.7 Å². The van der Waals surface area contributed by atoms with Gasteiger partial charge in [0.05, 0.1) is 12.2 Å². The van der Waals surface area contributed by atoms with Gasteiger partial charge in [-0.05, 0) is 12.3 Å². The van der Waals surface area contributed by atoms with Crippen LogP contribution in [0.3, 0.4) is 0 Å². The predicted molar refractivity (Wildman–Crippen MR) is 113 cm³/mol. The summed E-state index contributed by atoms with van der Waals surface area (Å²) >= 11 is 6.45. The number of halogens is 1. The first-order valence-electron chi connectivity index (χ1n) is 10.1. The van der Waals surface area contributed by atoms with Crippen LogP contribution < -0.4 is 0 Å². The van der Waals surface area contributed by atoms with Crippen molar-refractivity contribution in [2.24, 2.45) is 0 Å². The molecule has 0 aliphatic carbocycles. The van der Waals surface area contributed by atoms with E-state index in [0.29, 0.717) is 41.4 Å². The molecule has 160 valence electrons. The molecule has 10 heteroatoms. The smallest absolute Gasteiger partial charge is 0.303 e. The van der Waals surface area contributed by atoms with Crippen LogP contribution in [0.15, 0.2) is 18.7 Å². The van der Waals surface area contributed by atoms with E-state index in [9.17, 15) is 4.79 Å². The fourth-order valence-electron chi connectivity index (χ4n) is 3.39. The highest BCUT2D eigenvalue weighted by Gasteiger charge is 2.36. The number of ether oxygens (including phenoxy) is 2. The molecule has 0 radical (unpaired) electrons. The maximum Gasteiger partial charge on any atom is 0.303 e. The summed E-state index contributed by atoms with van der Waals surface area (Å²) in [5.74, 6) is 6.45. The Morgan fingerprint density at radius 2 is 2.13 bits per heavy atom. The van der Waals surface area contributed by atoms with E-state index in [4.69, 9.17) is 21.1 Å². The second-order valence-electron chi connectivity index (χ2n) is 7.05. The Morgan fingerprint density at radius 3 is 2.87 bits per heavy atom. The average molecular weight is 441 g/mol. The summed E-state index contributed by atoms with van der Waals surface area (Å²) in [5, 5.41) is 0.184. The average Bonchev–Trinajstić information content (AvgIpc) is 3.35. The van der Waals surface area contributed by atoms with Crippen LogP contribution in [0.5, 0.6) is 0 Å². The lowest BCUT2D eigenvalue weighted by molar-refractivity contribution is -0.151. The molecule has 31 heavy (non-hydrogen) atoms. The van der Waals surface area contributed by atoms with Crippen LogP contribution in [0.1, 0.15) is 51.6 Å². The number of hydrogen-bond acceptors (Lipinski definition) is 8. The van der Waals surface area contributed by atoms with Gasteiger partial charge in [-0.1, -0.05) is 30.9 Å². The number of hydrogen-bond donors (Lipinski definition) is 0. The molecular weight excluding hydrogens is 420 g/mol. The molecule has 0 spiro atoms. The highest BCUT2D eigenvalue weighted by molar-refractivity contribution is 6.33. The van der Waals surface area contributed by atoms with Gasteiger partial charge in [0.1, 0.15) is 23.8 Å². The standard InChI is InChI=1S/C21H21ClN6O3/c1-3-4-5-6-7-16-25-18(22)17-20(26-16)28(19(27-17)14-10-23-12-24-11-14)21-15(8-9-30-21)31-13(2)29/h10-12,15,21H,3-5,8-9H2,1-2H3. The molecule has 1 fully saturated rings. The van der Waals surface area contributed by atoms with Gasteiger partial charge in [-0.15, -0.1) is 0 Å². The number of rotatable bonds is 5. The number of unbranched alkanes of at least 4 members (excludes halogenated alkanes) is 2. The SMILES string of the molecule is CCCCC#Cc1nc(Cl)c2nc(-c3cncnc3)n(C3OCCC3OC(C)=O)c2n1. The van der Waals surface area contributed by atoms with E-state index < -0.39 is 12.3 Å². The van der Waals surface area contributed by atoms with Gasteiger partial charge in [-0.2, -0.15) is 0 Å². The van der Waals surface area contributed by atoms with Crippen molar-refractivity contribution in [3.8, 4) is 23.2 Å². The minimum Gasteiger partial charge on any atom is -0.458 e. The maximum absolute atomic E-state index is 11.6. The molecule has 1 aliphatic heterocycles. The zero-order valence-electron chi connectivity index (χ0n) is 17.2. The van der Waals surface area contributed by atoms with Gasteiger partial charge in [0.25, 0.3) is 0 Å². The third-order valence-electron chi connectivity index (χ3n) is 4.75. The predicted octanol–water partition coefficient (Wildman–Crippen LogP) is 3.33. The number of esters is 1. The number of aromatic nitrogens is 6. The summed E-state index contributed by atoms with van der Waals surface area (Å²) in [6.07, 6.45) is 6.93. The zero-order chi connectivity index (χ0) is 21.8. The fourth-order valence-corrected chi connectivity index (χ4v) is 3.60. The molecule has 9 nitrogen and oxygen atoms in total. The molecule has 2 atom stereocenters. The van der Waals surface area contributed by atoms with Gasteiger partial charge in [-0.25, -0.2) is 24.9 Å². The fraction of sp³-hybridized carbons (Fsp3) is 0.429. The number of fused-ring (bicyclic) bond motifs is 1. The Morgan fingerprint density at radius 1 is 1.32 bits per heavy atom. The lowest BCUT2D eigenvalue weighted by atomic mass is 10.2. The van der Waals surface area contributed by atoms with Gasteiger partial charge in [0.15, 0.2) is 17.0 Å².